The zero-order chi connectivity index (χ0) is 14.4. The predicted octanol–water partition coefficient (Wildman–Crippen LogP) is -0.333. The molecule has 1 aromatic heterocycles. The number of carbonyl (C=O) groups is 1. The molecule has 0 aliphatic carbocycles. The number of hydrogen-bond acceptors (Lipinski definition) is 6. The molecule has 0 radical (unpaired) electrons. The molecule has 0 fully saturated rings. The van der Waals surface area contributed by atoms with Gasteiger partial charge < -0.3 is 10.0 Å². The first-order valence-electron chi connectivity index (χ1n) is 5.62. The van der Waals surface area contributed by atoms with Gasteiger partial charge >= 0.3 is 6.03 Å². The summed E-state index contributed by atoms with van der Waals surface area (Å²) >= 11 is 0. The Morgan fingerprint density at radius 1 is 1.60 bits per heavy atom. The minimum absolute atomic E-state index is 0.152. The molecular formula is C11H12N6O3. The highest BCUT2D eigenvalue weighted by Gasteiger charge is 2.19. The van der Waals surface area contributed by atoms with E-state index in [0.717, 1.165) is 5.01 Å². The summed E-state index contributed by atoms with van der Waals surface area (Å²) in [5, 5.41) is 23.6. The van der Waals surface area contributed by atoms with Crippen LogP contribution in [0.5, 0.6) is 0 Å². The molecule has 0 atom stereocenters. The van der Waals surface area contributed by atoms with Gasteiger partial charge in [-0.15, -0.1) is 0 Å². The average Bonchev–Trinajstić information content (AvgIpc) is 2.45. The molecule has 0 bridgehead atoms. The molecule has 0 saturated heterocycles. The average molecular weight is 276 g/mol. The zero-order valence-electron chi connectivity index (χ0n) is 10.6. The predicted molar refractivity (Wildman–Crippen MR) is 71.2 cm³/mol. The Morgan fingerprint density at radius 3 is 3.20 bits per heavy atom. The summed E-state index contributed by atoms with van der Waals surface area (Å²) in [7, 11) is 1.40. The number of amides is 2. The minimum atomic E-state index is -0.471. The highest BCUT2D eigenvalue weighted by molar-refractivity contribution is 6.32. The molecule has 0 spiro atoms. The monoisotopic (exact) mass is 276 g/mol. The van der Waals surface area contributed by atoms with E-state index in [4.69, 9.17) is 0 Å². The SMILES string of the molecule is CO/N=C/C1=NNC(=O)N(/N=C/c2ccc[n+]([O-])c2)C1. The van der Waals surface area contributed by atoms with Gasteiger partial charge in [0.25, 0.3) is 0 Å². The number of pyridine rings is 1. The molecule has 1 N–H and O–H groups in total. The van der Waals surface area contributed by atoms with Crippen LogP contribution in [0.2, 0.25) is 0 Å². The maximum atomic E-state index is 11.6. The van der Waals surface area contributed by atoms with Crippen molar-refractivity contribution in [1.29, 1.82) is 0 Å². The fraction of sp³-hybridized carbons (Fsp3) is 0.182. The summed E-state index contributed by atoms with van der Waals surface area (Å²) in [5.41, 5.74) is 3.34. The van der Waals surface area contributed by atoms with Crippen molar-refractivity contribution >= 4 is 24.2 Å². The van der Waals surface area contributed by atoms with Gasteiger partial charge in [-0.3, -0.25) is 0 Å². The van der Waals surface area contributed by atoms with Crippen molar-refractivity contribution in [2.24, 2.45) is 15.4 Å². The molecule has 1 aliphatic heterocycles. The van der Waals surface area contributed by atoms with E-state index in [1.165, 1.54) is 31.9 Å². The second kappa shape index (κ2) is 6.27. The summed E-state index contributed by atoms with van der Waals surface area (Å²) in [6.45, 7) is 0.152. The van der Waals surface area contributed by atoms with Crippen molar-refractivity contribution in [3.05, 3.63) is 35.3 Å². The van der Waals surface area contributed by atoms with Gasteiger partial charge in [-0.2, -0.15) is 14.9 Å². The van der Waals surface area contributed by atoms with E-state index in [9.17, 15) is 10.0 Å². The van der Waals surface area contributed by atoms with E-state index in [0.29, 0.717) is 16.0 Å². The molecule has 9 nitrogen and oxygen atoms in total. The van der Waals surface area contributed by atoms with Crippen LogP contribution in [0.4, 0.5) is 4.79 Å². The van der Waals surface area contributed by atoms with Crippen LogP contribution in [0.25, 0.3) is 0 Å². The van der Waals surface area contributed by atoms with E-state index >= 15 is 0 Å². The molecule has 104 valence electrons. The van der Waals surface area contributed by atoms with Gasteiger partial charge in [0, 0.05) is 6.07 Å². The fourth-order valence-electron chi connectivity index (χ4n) is 1.40. The van der Waals surface area contributed by atoms with E-state index in [-0.39, 0.29) is 6.54 Å². The zero-order valence-corrected chi connectivity index (χ0v) is 10.6. The minimum Gasteiger partial charge on any atom is -0.619 e. The normalized spacial score (nSPS) is 15.6. The van der Waals surface area contributed by atoms with Crippen LogP contribution in [-0.4, -0.2) is 42.8 Å². The van der Waals surface area contributed by atoms with Gasteiger partial charge in [0.15, 0.2) is 12.4 Å². The van der Waals surface area contributed by atoms with Gasteiger partial charge in [0.2, 0.25) is 0 Å². The number of hydrazone groups is 2. The summed E-state index contributed by atoms with van der Waals surface area (Å²) in [4.78, 5) is 16.1. The number of oxime groups is 1. The standard InChI is InChI=1S/C11H12N6O3/c1-20-13-6-10-8-17(11(18)15-14-10)12-5-9-3-2-4-16(19)7-9/h2-7H,8H2,1H3,(H,15,18)/b12-5+,13-6+. The summed E-state index contributed by atoms with van der Waals surface area (Å²) in [5.74, 6) is 0. The van der Waals surface area contributed by atoms with Gasteiger partial charge in [-0.05, 0) is 6.07 Å². The third kappa shape index (κ3) is 3.51. The third-order valence-electron chi connectivity index (χ3n) is 2.29. The Bertz CT molecular complexity index is 583. The van der Waals surface area contributed by atoms with Crippen molar-refractivity contribution in [1.82, 2.24) is 10.4 Å². The van der Waals surface area contributed by atoms with Crippen molar-refractivity contribution in [3.8, 4) is 0 Å². The Labute approximate surface area is 114 Å². The van der Waals surface area contributed by atoms with Crippen molar-refractivity contribution in [3.63, 3.8) is 0 Å². The van der Waals surface area contributed by atoms with Gasteiger partial charge in [-0.25, -0.2) is 15.2 Å². The largest absolute Gasteiger partial charge is 0.619 e. The Hall–Kier alpha value is -2.97. The van der Waals surface area contributed by atoms with Crippen molar-refractivity contribution in [2.45, 2.75) is 0 Å². The number of urea groups is 1. The molecule has 1 aliphatic rings. The van der Waals surface area contributed by atoms with E-state index in [1.807, 2.05) is 0 Å². The Morgan fingerprint density at radius 2 is 2.45 bits per heavy atom. The number of nitrogens with zero attached hydrogens (tertiary/aromatic N) is 5. The molecule has 9 heteroatoms. The fourth-order valence-corrected chi connectivity index (χ4v) is 1.40. The quantitative estimate of drug-likeness (QED) is 0.352. The summed E-state index contributed by atoms with van der Waals surface area (Å²) in [6.07, 6.45) is 5.48. The number of hydrogen-bond donors (Lipinski definition) is 1. The lowest BCUT2D eigenvalue weighted by atomic mass is 10.3. The Balaban J connectivity index is 2.07. The van der Waals surface area contributed by atoms with Crippen LogP contribution in [0, 0.1) is 5.21 Å². The van der Waals surface area contributed by atoms with Crippen LogP contribution in [-0.2, 0) is 4.84 Å². The van der Waals surface area contributed by atoms with Crippen LogP contribution in [0.15, 0.2) is 39.9 Å². The lowest BCUT2D eigenvalue weighted by Gasteiger charge is -2.20. The van der Waals surface area contributed by atoms with E-state index in [1.54, 1.807) is 12.1 Å². The molecule has 2 amide bonds. The molecule has 20 heavy (non-hydrogen) atoms. The summed E-state index contributed by atoms with van der Waals surface area (Å²) in [6, 6.07) is 2.81. The topological polar surface area (TPSA) is 106 Å². The van der Waals surface area contributed by atoms with E-state index in [2.05, 4.69) is 25.6 Å². The molecule has 2 rings (SSSR count). The molecular weight excluding hydrogens is 264 g/mol. The first-order chi connectivity index (χ1) is 9.69. The van der Waals surface area contributed by atoms with Crippen LogP contribution >= 0.6 is 0 Å². The number of aromatic nitrogens is 1. The van der Waals surface area contributed by atoms with Crippen LogP contribution < -0.4 is 10.2 Å². The van der Waals surface area contributed by atoms with E-state index < -0.39 is 6.03 Å². The smallest absolute Gasteiger partial charge is 0.358 e. The number of carbonyl (C=O) groups excluding carboxylic acids is 1. The third-order valence-corrected chi connectivity index (χ3v) is 2.29. The summed E-state index contributed by atoms with van der Waals surface area (Å²) < 4.78 is 0.649. The Kier molecular flexibility index (Phi) is 4.22. The van der Waals surface area contributed by atoms with Crippen molar-refractivity contribution < 1.29 is 14.4 Å². The molecule has 0 unspecified atom stereocenters. The molecule has 0 saturated carbocycles. The van der Waals surface area contributed by atoms with Crippen molar-refractivity contribution in [2.75, 3.05) is 13.7 Å². The lowest BCUT2D eigenvalue weighted by Crippen LogP contribution is -2.43. The number of rotatable bonds is 4. The maximum absolute atomic E-state index is 11.6. The second-order valence-corrected chi connectivity index (χ2v) is 3.74. The second-order valence-electron chi connectivity index (χ2n) is 3.74. The van der Waals surface area contributed by atoms with Crippen LogP contribution in [0.3, 0.4) is 0 Å². The first kappa shape index (κ1) is 13.5. The first-order valence-corrected chi connectivity index (χ1v) is 5.62. The lowest BCUT2D eigenvalue weighted by molar-refractivity contribution is -0.605. The maximum Gasteiger partial charge on any atom is 0.358 e. The van der Waals surface area contributed by atoms with Gasteiger partial charge in [-0.1, -0.05) is 5.16 Å². The molecule has 2 heterocycles. The highest BCUT2D eigenvalue weighted by atomic mass is 16.6. The molecule has 0 aromatic carbocycles. The van der Waals surface area contributed by atoms with Crippen LogP contribution in [0.1, 0.15) is 5.56 Å². The van der Waals surface area contributed by atoms with Gasteiger partial charge in [0.05, 0.1) is 24.5 Å². The number of nitrogens with one attached hydrogen (secondary N) is 1. The molecule has 1 aromatic rings. The highest BCUT2D eigenvalue weighted by Crippen LogP contribution is 1.99. The van der Waals surface area contributed by atoms with Gasteiger partial charge in [0.1, 0.15) is 12.8 Å².